The minimum atomic E-state index is 0. The Labute approximate surface area is 191 Å². The maximum atomic E-state index is 5.85. The van der Waals surface area contributed by atoms with Gasteiger partial charge in [0.1, 0.15) is 12.4 Å². The van der Waals surface area contributed by atoms with Crippen LogP contribution in [-0.4, -0.2) is 32.1 Å². The molecule has 158 valence electrons. The molecule has 0 aromatic heterocycles. The fourth-order valence-corrected chi connectivity index (χ4v) is 3.48. The summed E-state index contributed by atoms with van der Waals surface area (Å²) in [7, 11) is 4.10. The van der Waals surface area contributed by atoms with E-state index in [9.17, 15) is 0 Å². The third kappa shape index (κ3) is 5.97. The minimum absolute atomic E-state index is 0. The molecule has 0 amide bonds. The van der Waals surface area contributed by atoms with Gasteiger partial charge in [0.15, 0.2) is 0 Å². The number of hydrogen-bond donors (Lipinski definition) is 0. The number of benzene rings is 4. The Hall–Kier alpha value is -3.07. The number of rotatable bonds is 7. The number of likely N-dealkylation sites (N-methyl/N-ethyl adjacent to an activating group) is 1. The van der Waals surface area contributed by atoms with Gasteiger partial charge in [-0.15, -0.1) is 12.4 Å². The summed E-state index contributed by atoms with van der Waals surface area (Å²) >= 11 is 0. The maximum absolute atomic E-state index is 5.85. The Morgan fingerprint density at radius 1 is 0.548 bits per heavy atom. The van der Waals surface area contributed by atoms with Gasteiger partial charge in [0.05, 0.1) is 0 Å². The lowest BCUT2D eigenvalue weighted by Gasteiger charge is -2.13. The summed E-state index contributed by atoms with van der Waals surface area (Å²) in [5.74, 6) is 0.906. The molecule has 2 nitrogen and oxygen atoms in total. The van der Waals surface area contributed by atoms with Crippen LogP contribution in [0, 0.1) is 0 Å². The van der Waals surface area contributed by atoms with E-state index in [-0.39, 0.29) is 12.4 Å². The highest BCUT2D eigenvalue weighted by atomic mass is 35.5. The zero-order valence-electron chi connectivity index (χ0n) is 18.0. The van der Waals surface area contributed by atoms with Crippen molar-refractivity contribution in [2.75, 3.05) is 27.2 Å². The van der Waals surface area contributed by atoms with Crippen molar-refractivity contribution in [3.05, 3.63) is 103 Å². The molecular weight excluding hydrogens is 402 g/mol. The fraction of sp³-hybridized carbons (Fsp3) is 0.143. The summed E-state index contributed by atoms with van der Waals surface area (Å²) in [5.41, 5.74) is 7.27. The van der Waals surface area contributed by atoms with E-state index in [0.29, 0.717) is 6.61 Å². The van der Waals surface area contributed by atoms with Gasteiger partial charge in [0, 0.05) is 6.54 Å². The lowest BCUT2D eigenvalue weighted by Crippen LogP contribution is -2.19. The Bertz CT molecular complexity index is 1020. The summed E-state index contributed by atoms with van der Waals surface area (Å²) < 4.78 is 5.85. The minimum Gasteiger partial charge on any atom is -0.492 e. The summed E-state index contributed by atoms with van der Waals surface area (Å²) in [6.45, 7) is 1.59. The molecule has 0 spiro atoms. The van der Waals surface area contributed by atoms with E-state index in [1.807, 2.05) is 0 Å². The summed E-state index contributed by atoms with van der Waals surface area (Å²) in [6, 6.07) is 36.3. The molecule has 0 aliphatic carbocycles. The van der Waals surface area contributed by atoms with Crippen LogP contribution in [0.2, 0.25) is 0 Å². The lowest BCUT2D eigenvalue weighted by molar-refractivity contribution is 0.261. The van der Waals surface area contributed by atoms with Crippen molar-refractivity contribution in [1.82, 2.24) is 4.90 Å². The second kappa shape index (κ2) is 10.8. The predicted octanol–water partition coefficient (Wildman–Crippen LogP) is 7.05. The van der Waals surface area contributed by atoms with Gasteiger partial charge >= 0.3 is 0 Å². The first kappa shape index (κ1) is 22.6. The monoisotopic (exact) mass is 429 g/mol. The van der Waals surface area contributed by atoms with Crippen LogP contribution in [0.3, 0.4) is 0 Å². The Morgan fingerprint density at radius 2 is 0.968 bits per heavy atom. The molecule has 0 atom stereocenters. The van der Waals surface area contributed by atoms with Crippen molar-refractivity contribution in [3.63, 3.8) is 0 Å². The van der Waals surface area contributed by atoms with Crippen molar-refractivity contribution in [1.29, 1.82) is 0 Å². The van der Waals surface area contributed by atoms with E-state index in [1.165, 1.54) is 33.4 Å². The normalized spacial score (nSPS) is 10.5. The van der Waals surface area contributed by atoms with Crippen molar-refractivity contribution >= 4 is 12.4 Å². The molecule has 4 aromatic rings. The van der Waals surface area contributed by atoms with Crippen molar-refractivity contribution in [2.45, 2.75) is 0 Å². The van der Waals surface area contributed by atoms with Gasteiger partial charge in [-0.2, -0.15) is 0 Å². The molecule has 4 rings (SSSR count). The molecule has 0 saturated heterocycles. The molecular formula is C28H28ClNO. The smallest absolute Gasteiger partial charge is 0.119 e. The largest absolute Gasteiger partial charge is 0.492 e. The molecule has 0 unspecified atom stereocenters. The standard InChI is InChI=1S/C28H27NO.ClH/c1-29(2)17-18-30-28-15-13-24(14-16-28)27-20-25(22-9-5-3-6-10-22)19-26(21-27)23-11-7-4-8-12-23;/h3-16,19-21H,17-18H2,1-2H3;1H. The first-order chi connectivity index (χ1) is 14.7. The zero-order chi connectivity index (χ0) is 20.8. The molecule has 0 N–H and O–H groups in total. The molecule has 0 aliphatic rings. The molecule has 0 heterocycles. The molecule has 0 radical (unpaired) electrons. The molecule has 3 heteroatoms. The average molecular weight is 430 g/mol. The van der Waals surface area contributed by atoms with Crippen molar-refractivity contribution in [3.8, 4) is 39.1 Å². The Morgan fingerprint density at radius 3 is 1.39 bits per heavy atom. The molecule has 0 fully saturated rings. The Kier molecular flexibility index (Phi) is 7.88. The van der Waals surface area contributed by atoms with Crippen LogP contribution >= 0.6 is 12.4 Å². The van der Waals surface area contributed by atoms with Crippen LogP contribution in [0.25, 0.3) is 33.4 Å². The van der Waals surface area contributed by atoms with Crippen LogP contribution in [0.4, 0.5) is 0 Å². The average Bonchev–Trinajstić information content (AvgIpc) is 2.80. The van der Waals surface area contributed by atoms with Gasteiger partial charge in [0.2, 0.25) is 0 Å². The SMILES string of the molecule is CN(C)CCOc1ccc(-c2cc(-c3ccccc3)cc(-c3ccccc3)c2)cc1.Cl. The number of halogens is 1. The van der Waals surface area contributed by atoms with E-state index < -0.39 is 0 Å². The molecule has 0 aliphatic heterocycles. The van der Waals surface area contributed by atoms with E-state index in [2.05, 4.69) is 122 Å². The number of ether oxygens (including phenoxy) is 1. The summed E-state index contributed by atoms with van der Waals surface area (Å²) in [6.07, 6.45) is 0. The van der Waals surface area contributed by atoms with Crippen LogP contribution in [-0.2, 0) is 0 Å². The van der Waals surface area contributed by atoms with Crippen molar-refractivity contribution in [2.24, 2.45) is 0 Å². The van der Waals surface area contributed by atoms with Gasteiger partial charge in [-0.1, -0.05) is 72.8 Å². The highest BCUT2D eigenvalue weighted by Crippen LogP contribution is 2.33. The van der Waals surface area contributed by atoms with Gasteiger partial charge in [-0.25, -0.2) is 0 Å². The van der Waals surface area contributed by atoms with Gasteiger partial charge < -0.3 is 9.64 Å². The van der Waals surface area contributed by atoms with Crippen molar-refractivity contribution < 1.29 is 4.74 Å². The molecule has 0 saturated carbocycles. The van der Waals surface area contributed by atoms with Crippen LogP contribution in [0.15, 0.2) is 103 Å². The van der Waals surface area contributed by atoms with Crippen LogP contribution in [0.5, 0.6) is 5.75 Å². The first-order valence-electron chi connectivity index (χ1n) is 10.3. The van der Waals surface area contributed by atoms with Gasteiger partial charge in [0.25, 0.3) is 0 Å². The molecule has 31 heavy (non-hydrogen) atoms. The predicted molar refractivity (Wildman–Crippen MR) is 134 cm³/mol. The molecule has 4 aromatic carbocycles. The lowest BCUT2D eigenvalue weighted by atomic mass is 9.93. The summed E-state index contributed by atoms with van der Waals surface area (Å²) in [5, 5.41) is 0. The van der Waals surface area contributed by atoms with Gasteiger partial charge in [-0.05, 0) is 77.8 Å². The first-order valence-corrected chi connectivity index (χ1v) is 10.3. The molecule has 0 bridgehead atoms. The van der Waals surface area contributed by atoms with E-state index >= 15 is 0 Å². The van der Waals surface area contributed by atoms with E-state index in [1.54, 1.807) is 0 Å². The zero-order valence-corrected chi connectivity index (χ0v) is 18.8. The van der Waals surface area contributed by atoms with E-state index in [0.717, 1.165) is 12.3 Å². The maximum Gasteiger partial charge on any atom is 0.119 e. The fourth-order valence-electron chi connectivity index (χ4n) is 3.48. The second-order valence-electron chi connectivity index (χ2n) is 7.71. The number of nitrogens with zero attached hydrogens (tertiary/aromatic N) is 1. The van der Waals surface area contributed by atoms with Gasteiger partial charge in [-0.3, -0.25) is 0 Å². The second-order valence-corrected chi connectivity index (χ2v) is 7.71. The third-order valence-corrected chi connectivity index (χ3v) is 5.14. The van der Waals surface area contributed by atoms with E-state index in [4.69, 9.17) is 4.74 Å². The van der Waals surface area contributed by atoms with Crippen LogP contribution < -0.4 is 4.74 Å². The third-order valence-electron chi connectivity index (χ3n) is 5.14. The Balaban J connectivity index is 0.00000272. The quantitative estimate of drug-likeness (QED) is 0.312. The topological polar surface area (TPSA) is 12.5 Å². The highest BCUT2D eigenvalue weighted by molar-refractivity contribution is 5.85. The highest BCUT2D eigenvalue weighted by Gasteiger charge is 2.07. The summed E-state index contributed by atoms with van der Waals surface area (Å²) in [4.78, 5) is 2.12. The van der Waals surface area contributed by atoms with Crippen LogP contribution in [0.1, 0.15) is 0 Å². The number of hydrogen-bond acceptors (Lipinski definition) is 2.